The predicted molar refractivity (Wildman–Crippen MR) is 60.0 cm³/mol. The second-order valence-corrected chi connectivity index (χ2v) is 5.32. The lowest BCUT2D eigenvalue weighted by molar-refractivity contribution is 0.199. The Morgan fingerprint density at radius 1 is 0.643 bits per heavy atom. The monoisotopic (exact) mass is 194 g/mol. The summed E-state index contributed by atoms with van der Waals surface area (Å²) in [6.07, 6.45) is 13.8. The van der Waals surface area contributed by atoms with E-state index < -0.39 is 0 Å². The van der Waals surface area contributed by atoms with E-state index >= 15 is 0 Å². The average Bonchev–Trinajstić information content (AvgIpc) is 2.30. The Labute approximate surface area is 88.4 Å². The minimum atomic E-state index is 0.288. The van der Waals surface area contributed by atoms with E-state index in [1.807, 2.05) is 0 Å². The third-order valence-corrected chi connectivity index (χ3v) is 4.32. The number of hydrogen-bond acceptors (Lipinski definition) is 0. The molecule has 0 aromatic carbocycles. The smallest absolute Gasteiger partial charge is 0.0269 e. The zero-order valence-electron chi connectivity index (χ0n) is 9.30. The van der Waals surface area contributed by atoms with E-state index in [1.165, 1.54) is 64.2 Å². The Morgan fingerprint density at radius 2 is 1.00 bits per heavy atom. The lowest BCUT2D eigenvalue weighted by atomic mass is 9.74. The van der Waals surface area contributed by atoms with E-state index in [4.69, 9.17) is 5.73 Å². The van der Waals surface area contributed by atoms with E-state index in [2.05, 4.69) is 0 Å². The first-order valence-corrected chi connectivity index (χ1v) is 6.59. The van der Waals surface area contributed by atoms with Crippen LogP contribution in [0.15, 0.2) is 0 Å². The fourth-order valence-electron chi connectivity index (χ4n) is 3.37. The maximum Gasteiger partial charge on any atom is 0.0269 e. The quantitative estimate of drug-likeness (QED) is 0.638. The van der Waals surface area contributed by atoms with Gasteiger partial charge in [0.25, 0.3) is 0 Å². The van der Waals surface area contributed by atoms with Gasteiger partial charge in [-0.2, -0.15) is 0 Å². The highest BCUT2D eigenvalue weighted by molar-refractivity contribution is 4.83. The van der Waals surface area contributed by atoms with Gasteiger partial charge in [-0.15, -0.1) is 0 Å². The van der Waals surface area contributed by atoms with Crippen molar-refractivity contribution >= 4 is 0 Å². The summed E-state index contributed by atoms with van der Waals surface area (Å²) < 4.78 is 0. The van der Waals surface area contributed by atoms with E-state index in [0.29, 0.717) is 0 Å². The van der Waals surface area contributed by atoms with Crippen LogP contribution >= 0.6 is 0 Å². The van der Waals surface area contributed by atoms with Crippen LogP contribution in [-0.2, 0) is 0 Å². The van der Waals surface area contributed by atoms with Crippen molar-refractivity contribution in [3.8, 4) is 0 Å². The van der Waals surface area contributed by atoms with Crippen LogP contribution in [0.2, 0.25) is 0 Å². The van der Waals surface area contributed by atoms with Crippen molar-refractivity contribution < 1.29 is 0 Å². The second-order valence-electron chi connectivity index (χ2n) is 5.32. The first-order chi connectivity index (χ1) is 6.88. The molecule has 81 valence electrons. The molecule has 2 aliphatic carbocycles. The topological polar surface area (TPSA) is 23.8 Å². The molecule has 0 heterocycles. The molecule has 0 saturated heterocycles. The highest BCUT2D eigenvalue weighted by Gasteiger charge is 2.28. The van der Waals surface area contributed by atoms with Crippen molar-refractivity contribution in [2.45, 2.75) is 70.3 Å². The third-order valence-electron chi connectivity index (χ3n) is 4.32. The van der Waals surface area contributed by atoms with E-state index in [-0.39, 0.29) is 6.04 Å². The summed E-state index contributed by atoms with van der Waals surface area (Å²) in [5, 5.41) is 0. The van der Waals surface area contributed by atoms with Crippen LogP contribution in [0.25, 0.3) is 0 Å². The molecule has 1 radical (unpaired) electrons. The van der Waals surface area contributed by atoms with Gasteiger partial charge in [-0.25, -0.2) is 0 Å². The molecule has 0 bridgehead atoms. The Bertz CT molecular complexity index is 137. The standard InChI is InChI=1S/C13H24N/c14-13(11-7-3-1-4-8-11)12-9-5-2-6-10-12/h11-14H,1-10H2. The van der Waals surface area contributed by atoms with Gasteiger partial charge in [0, 0.05) is 6.04 Å². The van der Waals surface area contributed by atoms with Crippen LogP contribution in [0, 0.1) is 11.8 Å². The Balaban J connectivity index is 1.82. The highest BCUT2D eigenvalue weighted by Crippen LogP contribution is 2.34. The lowest BCUT2D eigenvalue weighted by Gasteiger charge is -2.34. The van der Waals surface area contributed by atoms with Crippen LogP contribution in [0.3, 0.4) is 0 Å². The van der Waals surface area contributed by atoms with Crippen molar-refractivity contribution in [2.75, 3.05) is 0 Å². The molecule has 14 heavy (non-hydrogen) atoms. The summed E-state index contributed by atoms with van der Waals surface area (Å²) in [6, 6.07) is 0.288. The predicted octanol–water partition coefficient (Wildman–Crippen LogP) is 3.80. The molecule has 0 unspecified atom stereocenters. The molecule has 0 aromatic heterocycles. The lowest BCUT2D eigenvalue weighted by Crippen LogP contribution is -2.33. The maximum absolute atomic E-state index is 8.36. The molecule has 2 fully saturated rings. The number of hydrogen-bond donors (Lipinski definition) is 0. The summed E-state index contributed by atoms with van der Waals surface area (Å²) in [7, 11) is 0. The van der Waals surface area contributed by atoms with Crippen LogP contribution < -0.4 is 5.73 Å². The molecule has 0 aliphatic heterocycles. The molecule has 2 aliphatic rings. The average molecular weight is 194 g/mol. The summed E-state index contributed by atoms with van der Waals surface area (Å²) in [5.74, 6) is 1.51. The maximum atomic E-state index is 8.36. The zero-order chi connectivity index (χ0) is 9.80. The first kappa shape index (κ1) is 10.5. The molecule has 2 saturated carbocycles. The summed E-state index contributed by atoms with van der Waals surface area (Å²) in [6.45, 7) is 0. The molecule has 2 rings (SSSR count). The Hall–Kier alpha value is -0.0400. The molecule has 0 aromatic rings. The SMILES string of the molecule is [NH]C(C1CCCCC1)C1CCCCC1. The Morgan fingerprint density at radius 3 is 1.36 bits per heavy atom. The van der Waals surface area contributed by atoms with Crippen molar-refractivity contribution in [1.29, 1.82) is 0 Å². The van der Waals surface area contributed by atoms with Crippen molar-refractivity contribution in [3.63, 3.8) is 0 Å². The molecule has 0 amide bonds. The van der Waals surface area contributed by atoms with E-state index in [1.54, 1.807) is 0 Å². The first-order valence-electron chi connectivity index (χ1n) is 6.59. The minimum Gasteiger partial charge on any atom is -0.254 e. The van der Waals surface area contributed by atoms with Gasteiger partial charge >= 0.3 is 0 Å². The normalized spacial score (nSPS) is 27.0. The van der Waals surface area contributed by atoms with Gasteiger partial charge in [0.15, 0.2) is 0 Å². The van der Waals surface area contributed by atoms with Gasteiger partial charge in [0.05, 0.1) is 0 Å². The molecule has 1 N–H and O–H groups in total. The molecule has 0 spiro atoms. The molecular formula is C13H24N. The van der Waals surface area contributed by atoms with Crippen molar-refractivity contribution in [2.24, 2.45) is 11.8 Å². The van der Waals surface area contributed by atoms with Crippen LogP contribution in [0.1, 0.15) is 64.2 Å². The fraction of sp³-hybridized carbons (Fsp3) is 1.00. The number of nitrogens with one attached hydrogen (secondary N) is 1. The van der Waals surface area contributed by atoms with Crippen LogP contribution in [0.5, 0.6) is 0 Å². The van der Waals surface area contributed by atoms with Gasteiger partial charge in [-0.1, -0.05) is 38.5 Å². The van der Waals surface area contributed by atoms with Crippen molar-refractivity contribution in [3.05, 3.63) is 0 Å². The minimum absolute atomic E-state index is 0.288. The highest BCUT2D eigenvalue weighted by atomic mass is 14.7. The van der Waals surface area contributed by atoms with Crippen LogP contribution in [-0.4, -0.2) is 6.04 Å². The molecule has 1 nitrogen and oxygen atoms in total. The van der Waals surface area contributed by atoms with Gasteiger partial charge in [-0.05, 0) is 37.5 Å². The number of rotatable bonds is 2. The Kier molecular flexibility index (Phi) is 3.86. The van der Waals surface area contributed by atoms with Gasteiger partial charge < -0.3 is 0 Å². The zero-order valence-corrected chi connectivity index (χ0v) is 9.30. The summed E-state index contributed by atoms with van der Waals surface area (Å²) in [4.78, 5) is 0. The fourth-order valence-corrected chi connectivity index (χ4v) is 3.37. The van der Waals surface area contributed by atoms with Gasteiger partial charge in [0.1, 0.15) is 0 Å². The largest absolute Gasteiger partial charge is 0.254 e. The van der Waals surface area contributed by atoms with Gasteiger partial charge in [-0.3, -0.25) is 5.73 Å². The van der Waals surface area contributed by atoms with Gasteiger partial charge in [0.2, 0.25) is 0 Å². The summed E-state index contributed by atoms with van der Waals surface area (Å²) >= 11 is 0. The van der Waals surface area contributed by atoms with E-state index in [0.717, 1.165) is 11.8 Å². The molecule has 0 atom stereocenters. The third kappa shape index (κ3) is 2.50. The summed E-state index contributed by atoms with van der Waals surface area (Å²) in [5.41, 5.74) is 8.36. The molecule has 1 heteroatoms. The second kappa shape index (κ2) is 5.16. The van der Waals surface area contributed by atoms with E-state index in [9.17, 15) is 0 Å². The van der Waals surface area contributed by atoms with Crippen molar-refractivity contribution in [1.82, 2.24) is 5.73 Å². The molecular weight excluding hydrogens is 170 g/mol. The van der Waals surface area contributed by atoms with Crippen LogP contribution in [0.4, 0.5) is 0 Å².